The van der Waals surface area contributed by atoms with Crippen molar-refractivity contribution in [3.05, 3.63) is 65.7 Å². The molecule has 2 aromatic carbocycles. The molecule has 27 unspecified atom stereocenters. The first-order valence-corrected chi connectivity index (χ1v) is 33.4. The summed E-state index contributed by atoms with van der Waals surface area (Å²) in [4.78, 5) is 88.8. The van der Waals surface area contributed by atoms with Gasteiger partial charge in [-0.2, -0.15) is 0 Å². The first kappa shape index (κ1) is 75.5. The summed E-state index contributed by atoms with van der Waals surface area (Å²) in [6.45, 7) is 1.15. The van der Waals surface area contributed by atoms with Crippen LogP contribution in [0.5, 0.6) is 5.75 Å². The molecule has 0 aromatic heterocycles. The van der Waals surface area contributed by atoms with E-state index in [2.05, 4.69) is 47.9 Å². The first-order valence-electron chi connectivity index (χ1n) is 33.4. The van der Waals surface area contributed by atoms with Crippen molar-refractivity contribution in [2.24, 2.45) is 11.8 Å². The van der Waals surface area contributed by atoms with Gasteiger partial charge in [0.1, 0.15) is 121 Å². The van der Waals surface area contributed by atoms with Crippen molar-refractivity contribution >= 4 is 47.4 Å². The molecule has 37 nitrogen and oxygen atoms in total. The molecule has 37 heteroatoms. The van der Waals surface area contributed by atoms with E-state index < -0.39 is 239 Å². The average Bonchev–Trinajstić information content (AvgIpc) is 0.928. The highest BCUT2D eigenvalue weighted by atomic mass is 16.8. The van der Waals surface area contributed by atoms with E-state index in [9.17, 15) is 75.7 Å². The van der Waals surface area contributed by atoms with Crippen molar-refractivity contribution < 1.29 is 123 Å². The Hall–Kier alpha value is -7.12. The number of guanidine groups is 2. The van der Waals surface area contributed by atoms with Crippen LogP contribution in [0.4, 0.5) is 0 Å². The van der Waals surface area contributed by atoms with Crippen LogP contribution in [0.1, 0.15) is 63.5 Å². The molecule has 100 heavy (non-hydrogen) atoms. The predicted molar refractivity (Wildman–Crippen MR) is 339 cm³/mol. The number of hydrogen-bond acceptors (Lipinski definition) is 27. The highest BCUT2D eigenvalue weighted by molar-refractivity contribution is 5.98. The number of carbonyl (C=O) groups excluding carboxylic acids is 6. The third-order valence-corrected chi connectivity index (χ3v) is 20.1. The Morgan fingerprint density at radius 3 is 1.91 bits per heavy atom. The van der Waals surface area contributed by atoms with Crippen molar-refractivity contribution in [2.75, 3.05) is 46.1 Å². The van der Waals surface area contributed by atoms with E-state index >= 15 is 14.4 Å². The van der Waals surface area contributed by atoms with E-state index in [4.69, 9.17) is 44.0 Å². The van der Waals surface area contributed by atoms with Crippen LogP contribution in [0.3, 0.4) is 0 Å². The van der Waals surface area contributed by atoms with Gasteiger partial charge in [0.15, 0.2) is 30.2 Å². The Morgan fingerprint density at radius 1 is 0.620 bits per heavy atom. The highest BCUT2D eigenvalue weighted by Gasteiger charge is 2.59. The summed E-state index contributed by atoms with van der Waals surface area (Å²) in [6.07, 6.45) is -26.8. The van der Waals surface area contributed by atoms with Crippen molar-refractivity contribution in [2.45, 2.75) is 211 Å². The Kier molecular flexibility index (Phi) is 24.5. The van der Waals surface area contributed by atoms with Crippen molar-refractivity contribution in [1.29, 1.82) is 10.8 Å². The van der Waals surface area contributed by atoms with E-state index in [0.717, 1.165) is 24.2 Å². The monoisotopic (exact) mass is 1420 g/mol. The minimum Gasteiger partial charge on any atom is -0.462 e. The summed E-state index contributed by atoms with van der Waals surface area (Å²) >= 11 is 0. The topological polar surface area (TPSA) is 569 Å². The Morgan fingerprint density at radius 2 is 1.26 bits per heavy atom. The summed E-state index contributed by atoms with van der Waals surface area (Å²) in [7, 11) is 0. The molecule has 554 valence electrons. The molecule has 1 saturated carbocycles. The third-order valence-electron chi connectivity index (χ3n) is 20.1. The number of aliphatic hydroxyl groups excluding tert-OH is 12. The molecule has 8 fully saturated rings. The minimum atomic E-state index is -2.35. The molecule has 2 aromatic rings. The Bertz CT molecular complexity index is 3190. The molecular weight excluding hydrogens is 1320 g/mol. The number of amides is 6. The van der Waals surface area contributed by atoms with Crippen LogP contribution in [-0.2, 0) is 63.6 Å². The van der Waals surface area contributed by atoms with E-state index in [-0.39, 0.29) is 48.7 Å². The maximum absolute atomic E-state index is 15.3. The lowest BCUT2D eigenvalue weighted by atomic mass is 9.76. The number of nitrogens with one attached hydrogen (secondary N) is 11. The number of ether oxygens (including phenoxy) is 7. The Labute approximate surface area is 572 Å². The van der Waals surface area contributed by atoms with Gasteiger partial charge in [-0.1, -0.05) is 69.7 Å². The van der Waals surface area contributed by atoms with Gasteiger partial charge >= 0.3 is 0 Å². The molecule has 10 rings (SSSR count). The first-order chi connectivity index (χ1) is 47.7. The van der Waals surface area contributed by atoms with E-state index in [1.54, 1.807) is 37.3 Å². The zero-order valence-corrected chi connectivity index (χ0v) is 54.9. The summed E-state index contributed by atoms with van der Waals surface area (Å²) in [5, 5.41) is 173. The molecule has 8 aliphatic rings. The number of carbonyl (C=O) groups is 6. The molecule has 27 atom stereocenters. The van der Waals surface area contributed by atoms with E-state index in [1.165, 1.54) is 24.3 Å². The van der Waals surface area contributed by atoms with Crippen LogP contribution in [0.15, 0.2) is 54.6 Å². The number of aliphatic hydroxyl groups is 12. The second-order valence-electron chi connectivity index (χ2n) is 26.5. The second kappa shape index (κ2) is 32.5. The number of benzene rings is 2. The molecule has 23 N–H and O–H groups in total. The number of fused-ring (bicyclic) bond motifs is 1. The van der Waals surface area contributed by atoms with E-state index in [0.29, 0.717) is 5.56 Å². The normalized spacial score (nSPS) is 39.7. The van der Waals surface area contributed by atoms with E-state index in [1.807, 2.05) is 13.8 Å². The smallest absolute Gasteiger partial charge is 0.246 e. The minimum absolute atomic E-state index is 0.0249. The van der Waals surface area contributed by atoms with Gasteiger partial charge in [-0.15, -0.1) is 0 Å². The third kappa shape index (κ3) is 15.9. The average molecular weight is 1420 g/mol. The molecule has 7 aliphatic heterocycles. The van der Waals surface area contributed by atoms with Crippen molar-refractivity contribution in [3.8, 4) is 5.75 Å². The summed E-state index contributed by atoms with van der Waals surface area (Å²) < 4.78 is 42.4. The fourth-order valence-electron chi connectivity index (χ4n) is 14.3. The number of rotatable bonds is 17. The molecule has 7 saturated heterocycles. The standard InChI is InChI=1S/C63H92N12O25/c1-4-30(28-11-6-5-7-12-28)39-55(91)69-31(17-27-13-15-29(16-14-27)95-59-49(87)46(84)51(36(23-78)97-59)99-60-50(88)47(85)52-37(98-60)24-94-63(100-52)25(2)9-8-10-26(63)3)54(90)73-40(42(80)32-18-67-61(64)71-32)57(93)74-41(56(92)70-33(21-76)53(89)66-20-38(79)72-39)43(81)34-19-68-62(65)75(34)58-48(86)45(83)44(82)35(22-77)96-58/h5-7,11-16,25-26,30-37,39-52,58-60,76-78,80-88H,4,8-10,17-24H2,1-3H3,(H2,65,68)(H,66,89)(H,69,91)(H,70,92)(H,72,79)(H,73,90)(H,74,93)(H3,64,67,71). The summed E-state index contributed by atoms with van der Waals surface area (Å²) in [5.41, 5.74) is 0.777. The van der Waals surface area contributed by atoms with Crippen LogP contribution in [0, 0.1) is 22.7 Å². The molecule has 1 aliphatic carbocycles. The Balaban J connectivity index is 0.919. The van der Waals surface area contributed by atoms with Crippen molar-refractivity contribution in [3.63, 3.8) is 0 Å². The lowest BCUT2D eigenvalue weighted by Gasteiger charge is -2.56. The predicted octanol–water partition coefficient (Wildman–Crippen LogP) is -9.59. The maximum Gasteiger partial charge on any atom is 0.246 e. The molecule has 1 spiro atoms. The van der Waals surface area contributed by atoms with Gasteiger partial charge in [0.2, 0.25) is 41.7 Å². The number of nitrogens with zero attached hydrogens (tertiary/aromatic N) is 1. The van der Waals surface area contributed by atoms with Gasteiger partial charge in [-0.3, -0.25) is 39.6 Å². The maximum atomic E-state index is 15.3. The van der Waals surface area contributed by atoms with Gasteiger partial charge < -0.3 is 147 Å². The van der Waals surface area contributed by atoms with Crippen LogP contribution >= 0.6 is 0 Å². The SMILES string of the molecule is CCC(c1ccccc1)C1NC(=O)CNC(=O)C(CO)NC(=O)C(C(O)C2CNC(=N)N2C2OC(CO)C(O)C(O)C2O)NC(=O)C(C(O)C2CNC(=N)N2)NC(=O)C(Cc2ccc(OC3OC(CO)C(OC4OC5COC6(OC5C(O)C4O)C(C)CCCC6C)C(O)C3O)cc2)NC1=O. The molecule has 7 heterocycles. The van der Waals surface area contributed by atoms with Gasteiger partial charge in [0.25, 0.3) is 0 Å². The van der Waals surface area contributed by atoms with Gasteiger partial charge in [0.05, 0.1) is 45.1 Å². The van der Waals surface area contributed by atoms with Crippen LogP contribution < -0.4 is 52.6 Å². The van der Waals surface area contributed by atoms with Gasteiger partial charge in [-0.05, 0) is 42.5 Å². The highest BCUT2D eigenvalue weighted by Crippen LogP contribution is 2.47. The van der Waals surface area contributed by atoms with Gasteiger partial charge in [0, 0.05) is 37.3 Å². The second-order valence-corrected chi connectivity index (χ2v) is 26.5. The van der Waals surface area contributed by atoms with Crippen LogP contribution in [0.25, 0.3) is 0 Å². The number of hydrogen-bond donors (Lipinski definition) is 23. The van der Waals surface area contributed by atoms with Crippen LogP contribution in [0.2, 0.25) is 0 Å². The lowest BCUT2D eigenvalue weighted by Crippen LogP contribution is -2.69. The zero-order chi connectivity index (χ0) is 72.2. The quantitative estimate of drug-likeness (QED) is 0.0699. The van der Waals surface area contributed by atoms with Crippen LogP contribution in [-0.4, -0.2) is 312 Å². The summed E-state index contributed by atoms with van der Waals surface area (Å²) in [6, 6.07) is 1.15. The summed E-state index contributed by atoms with van der Waals surface area (Å²) in [5.74, 6) is -10.1. The molecule has 0 bridgehead atoms. The lowest BCUT2D eigenvalue weighted by molar-refractivity contribution is -0.423. The molecule has 6 amide bonds. The fraction of sp³-hybridized carbons (Fsp3) is 0.683. The van der Waals surface area contributed by atoms with Gasteiger partial charge in [-0.25, -0.2) is 0 Å². The van der Waals surface area contributed by atoms with Crippen molar-refractivity contribution in [1.82, 2.24) is 52.8 Å². The molecular formula is C63H92N12O25. The fourth-order valence-corrected chi connectivity index (χ4v) is 14.3. The molecule has 0 radical (unpaired) electrons. The largest absolute Gasteiger partial charge is 0.462 e. The zero-order valence-electron chi connectivity index (χ0n) is 54.9.